The highest BCUT2D eigenvalue weighted by Crippen LogP contribution is 2.32. The molecule has 1 atom stereocenters. The predicted octanol–water partition coefficient (Wildman–Crippen LogP) is 3.21. The Bertz CT molecular complexity index is 566. The Labute approximate surface area is 117 Å². The number of halogens is 1. The van der Waals surface area contributed by atoms with Crippen LogP contribution < -0.4 is 4.74 Å². The summed E-state index contributed by atoms with van der Waals surface area (Å²) in [6.45, 7) is 4.06. The lowest BCUT2D eigenvalue weighted by atomic mass is 10.0. The van der Waals surface area contributed by atoms with Crippen LogP contribution in [0.2, 0.25) is 5.02 Å². The largest absolute Gasteiger partial charge is 0.496 e. The van der Waals surface area contributed by atoms with Gasteiger partial charge < -0.3 is 9.84 Å². The van der Waals surface area contributed by atoms with Gasteiger partial charge in [0.2, 0.25) is 0 Å². The zero-order chi connectivity index (χ0) is 14.0. The molecule has 0 aliphatic heterocycles. The molecule has 0 fully saturated rings. The molecule has 5 heteroatoms. The maximum atomic E-state index is 10.4. The van der Waals surface area contributed by atoms with Crippen LogP contribution in [-0.2, 0) is 0 Å². The minimum absolute atomic E-state index is 0.252. The fourth-order valence-electron chi connectivity index (χ4n) is 1.87. The number of rotatable bonds is 4. The first-order valence-corrected chi connectivity index (χ1v) is 6.46. The summed E-state index contributed by atoms with van der Waals surface area (Å²) in [4.78, 5) is 0. The molecule has 1 unspecified atom stereocenters. The highest BCUT2D eigenvalue weighted by atomic mass is 35.5. The Balaban J connectivity index is 2.37. The van der Waals surface area contributed by atoms with E-state index in [-0.39, 0.29) is 6.04 Å². The van der Waals surface area contributed by atoms with Gasteiger partial charge in [-0.1, -0.05) is 11.6 Å². The number of aromatic nitrogens is 2. The van der Waals surface area contributed by atoms with E-state index in [9.17, 15) is 5.11 Å². The molecule has 0 spiro atoms. The van der Waals surface area contributed by atoms with E-state index in [4.69, 9.17) is 16.3 Å². The molecule has 4 nitrogen and oxygen atoms in total. The van der Waals surface area contributed by atoms with Crippen molar-refractivity contribution in [2.45, 2.75) is 26.0 Å². The summed E-state index contributed by atoms with van der Waals surface area (Å²) in [5, 5.41) is 15.2. The van der Waals surface area contributed by atoms with Gasteiger partial charge in [-0.05, 0) is 32.0 Å². The lowest BCUT2D eigenvalue weighted by Crippen LogP contribution is -2.03. The molecule has 19 heavy (non-hydrogen) atoms. The number of benzene rings is 1. The van der Waals surface area contributed by atoms with Gasteiger partial charge in [0.05, 0.1) is 13.3 Å². The molecule has 0 amide bonds. The van der Waals surface area contributed by atoms with Crippen LogP contribution in [0.4, 0.5) is 0 Å². The van der Waals surface area contributed by atoms with Crippen molar-refractivity contribution in [3.05, 3.63) is 46.7 Å². The molecule has 0 aliphatic rings. The summed E-state index contributed by atoms with van der Waals surface area (Å²) >= 11 is 5.97. The van der Waals surface area contributed by atoms with Gasteiger partial charge in [-0.15, -0.1) is 0 Å². The summed E-state index contributed by atoms with van der Waals surface area (Å²) in [6, 6.07) is 5.43. The summed E-state index contributed by atoms with van der Waals surface area (Å²) in [5.74, 6) is 0.606. The van der Waals surface area contributed by atoms with E-state index in [1.165, 1.54) is 0 Å². The van der Waals surface area contributed by atoms with E-state index in [1.54, 1.807) is 36.2 Å². The van der Waals surface area contributed by atoms with E-state index in [0.29, 0.717) is 21.9 Å². The van der Waals surface area contributed by atoms with Gasteiger partial charge in [-0.25, -0.2) is 0 Å². The van der Waals surface area contributed by atoms with E-state index < -0.39 is 6.10 Å². The minimum atomic E-state index is -0.804. The Hall–Kier alpha value is -1.52. The second kappa shape index (κ2) is 5.63. The smallest absolute Gasteiger partial charge is 0.125 e. The maximum absolute atomic E-state index is 10.4. The molecule has 0 saturated heterocycles. The lowest BCUT2D eigenvalue weighted by molar-refractivity contribution is 0.214. The van der Waals surface area contributed by atoms with Crippen molar-refractivity contribution in [2.24, 2.45) is 0 Å². The van der Waals surface area contributed by atoms with Crippen LogP contribution in [0.1, 0.15) is 37.1 Å². The van der Waals surface area contributed by atoms with Crippen molar-refractivity contribution in [3.63, 3.8) is 0 Å². The van der Waals surface area contributed by atoms with Gasteiger partial charge >= 0.3 is 0 Å². The van der Waals surface area contributed by atoms with Crippen LogP contribution >= 0.6 is 11.6 Å². The third-order valence-electron chi connectivity index (χ3n) is 2.95. The minimum Gasteiger partial charge on any atom is -0.496 e. The number of methoxy groups -OCH3 is 1. The van der Waals surface area contributed by atoms with E-state index >= 15 is 0 Å². The van der Waals surface area contributed by atoms with Crippen molar-refractivity contribution >= 4 is 11.6 Å². The van der Waals surface area contributed by atoms with E-state index in [1.807, 2.05) is 20.0 Å². The second-order valence-corrected chi connectivity index (χ2v) is 5.07. The molecule has 0 aliphatic carbocycles. The molecular weight excluding hydrogens is 264 g/mol. The van der Waals surface area contributed by atoms with E-state index in [0.717, 1.165) is 0 Å². The number of ether oxygens (including phenoxy) is 1. The first-order valence-electron chi connectivity index (χ1n) is 6.08. The standard InChI is InChI=1S/C14H17ClN2O2/c1-9(2)17-8-10(7-16-17)14(18)12-6-11(15)4-5-13(12)19-3/h4-9,14,18H,1-3H3. The topological polar surface area (TPSA) is 47.3 Å². The summed E-state index contributed by atoms with van der Waals surface area (Å²) in [7, 11) is 1.57. The number of aliphatic hydroxyl groups excluding tert-OH is 1. The van der Waals surface area contributed by atoms with Crippen LogP contribution in [0.5, 0.6) is 5.75 Å². The fraction of sp³-hybridized carbons (Fsp3) is 0.357. The summed E-state index contributed by atoms with van der Waals surface area (Å²) < 4.78 is 7.05. The molecule has 0 saturated carbocycles. The molecule has 1 N–H and O–H groups in total. The fourth-order valence-corrected chi connectivity index (χ4v) is 2.06. The van der Waals surface area contributed by atoms with Gasteiger partial charge in [0.1, 0.15) is 11.9 Å². The summed E-state index contributed by atoms with van der Waals surface area (Å²) in [6.07, 6.45) is 2.68. The molecule has 2 rings (SSSR count). The Morgan fingerprint density at radius 3 is 2.68 bits per heavy atom. The zero-order valence-electron chi connectivity index (χ0n) is 11.2. The Morgan fingerprint density at radius 1 is 1.37 bits per heavy atom. The van der Waals surface area contributed by atoms with E-state index in [2.05, 4.69) is 5.10 Å². The van der Waals surface area contributed by atoms with Crippen LogP contribution in [0.3, 0.4) is 0 Å². The van der Waals surface area contributed by atoms with Gasteiger partial charge in [-0.3, -0.25) is 4.68 Å². The first kappa shape index (κ1) is 13.9. The number of nitrogens with zero attached hydrogens (tertiary/aromatic N) is 2. The van der Waals surface area contributed by atoms with Crippen LogP contribution in [0.15, 0.2) is 30.6 Å². The maximum Gasteiger partial charge on any atom is 0.125 e. The first-order chi connectivity index (χ1) is 9.02. The number of aliphatic hydroxyl groups is 1. The lowest BCUT2D eigenvalue weighted by Gasteiger charge is -2.14. The van der Waals surface area contributed by atoms with Gasteiger partial charge in [0.15, 0.2) is 0 Å². The highest BCUT2D eigenvalue weighted by Gasteiger charge is 2.18. The third-order valence-corrected chi connectivity index (χ3v) is 3.19. The average Bonchev–Trinajstić information content (AvgIpc) is 2.87. The molecule has 1 aromatic heterocycles. The van der Waals surface area contributed by atoms with Gasteiger partial charge in [0, 0.05) is 28.4 Å². The normalized spacial score (nSPS) is 12.7. The molecule has 0 radical (unpaired) electrons. The monoisotopic (exact) mass is 280 g/mol. The quantitative estimate of drug-likeness (QED) is 0.935. The molecule has 2 aromatic rings. The van der Waals surface area contributed by atoms with Crippen LogP contribution in [-0.4, -0.2) is 22.0 Å². The molecule has 1 heterocycles. The molecular formula is C14H17ClN2O2. The van der Waals surface area contributed by atoms with Crippen LogP contribution in [0.25, 0.3) is 0 Å². The Morgan fingerprint density at radius 2 is 2.11 bits per heavy atom. The zero-order valence-corrected chi connectivity index (χ0v) is 11.9. The molecule has 1 aromatic carbocycles. The van der Waals surface area contributed by atoms with Crippen molar-refractivity contribution in [2.75, 3.05) is 7.11 Å². The second-order valence-electron chi connectivity index (χ2n) is 4.64. The van der Waals surface area contributed by atoms with Crippen molar-refractivity contribution in [3.8, 4) is 5.75 Å². The van der Waals surface area contributed by atoms with Crippen molar-refractivity contribution in [1.82, 2.24) is 9.78 Å². The van der Waals surface area contributed by atoms with Gasteiger partial charge in [-0.2, -0.15) is 5.10 Å². The van der Waals surface area contributed by atoms with Gasteiger partial charge in [0.25, 0.3) is 0 Å². The Kier molecular flexibility index (Phi) is 4.12. The SMILES string of the molecule is COc1ccc(Cl)cc1C(O)c1cnn(C(C)C)c1. The van der Waals surface area contributed by atoms with Crippen molar-refractivity contribution < 1.29 is 9.84 Å². The molecule has 0 bridgehead atoms. The van der Waals surface area contributed by atoms with Crippen LogP contribution in [0, 0.1) is 0 Å². The number of hydrogen-bond donors (Lipinski definition) is 1. The van der Waals surface area contributed by atoms with Crippen molar-refractivity contribution in [1.29, 1.82) is 0 Å². The molecule has 102 valence electrons. The highest BCUT2D eigenvalue weighted by molar-refractivity contribution is 6.30. The number of hydrogen-bond acceptors (Lipinski definition) is 3. The predicted molar refractivity (Wildman–Crippen MR) is 74.7 cm³/mol. The third kappa shape index (κ3) is 2.91. The average molecular weight is 281 g/mol. The summed E-state index contributed by atoms with van der Waals surface area (Å²) in [5.41, 5.74) is 1.35.